The first kappa shape index (κ1) is 29.3. The molecule has 0 unspecified atom stereocenters. The predicted molar refractivity (Wildman–Crippen MR) is 172 cm³/mol. The van der Waals surface area contributed by atoms with Gasteiger partial charge in [0.1, 0.15) is 5.75 Å². The predicted octanol–water partition coefficient (Wildman–Crippen LogP) is 5.78. The maximum absolute atomic E-state index is 11.9. The molecule has 0 amide bonds. The van der Waals surface area contributed by atoms with E-state index in [-0.39, 0.29) is 4.90 Å². The Kier molecular flexibility index (Phi) is 8.96. The molecule has 3 fully saturated rings. The van der Waals surface area contributed by atoms with Gasteiger partial charge in [0.05, 0.1) is 52.7 Å². The third-order valence-corrected chi connectivity index (χ3v) is 11.1. The summed E-state index contributed by atoms with van der Waals surface area (Å²) in [6.45, 7) is 4.32. The second kappa shape index (κ2) is 12.8. The molecule has 0 spiro atoms. The van der Waals surface area contributed by atoms with E-state index >= 15 is 0 Å². The summed E-state index contributed by atoms with van der Waals surface area (Å²) in [6, 6.07) is 12.8. The number of nitrogens with zero attached hydrogens (tertiary/aromatic N) is 1. The van der Waals surface area contributed by atoms with Gasteiger partial charge in [0.25, 0.3) is 0 Å². The lowest BCUT2D eigenvalue weighted by atomic mass is 9.89. The number of fused-ring (bicyclic) bond motifs is 1. The maximum atomic E-state index is 11.9. The lowest BCUT2D eigenvalue weighted by Crippen LogP contribution is -2.46. The molecule has 3 aromatic rings. The molecule has 9 heteroatoms. The minimum atomic E-state index is -3.30. The normalized spacial score (nSPS) is 21.5. The second-order valence-corrected chi connectivity index (χ2v) is 14.9. The lowest BCUT2D eigenvalue weighted by Gasteiger charge is -2.39. The van der Waals surface area contributed by atoms with Gasteiger partial charge in [-0.05, 0) is 80.0 Å². The zero-order chi connectivity index (χ0) is 29.1. The van der Waals surface area contributed by atoms with Crippen molar-refractivity contribution in [2.24, 2.45) is 5.92 Å². The largest absolute Gasteiger partial charge is 0.495 e. The van der Waals surface area contributed by atoms with E-state index in [9.17, 15) is 8.42 Å². The van der Waals surface area contributed by atoms with Crippen molar-refractivity contribution in [3.63, 3.8) is 0 Å². The quantitative estimate of drug-likeness (QED) is 0.299. The fourth-order valence-electron chi connectivity index (χ4n) is 6.26. The monoisotopic (exact) mass is 607 g/mol. The molecule has 0 radical (unpaired) electrons. The maximum Gasteiger partial charge on any atom is 0.175 e. The third kappa shape index (κ3) is 6.89. The second-order valence-electron chi connectivity index (χ2n) is 11.8. The third-order valence-electron chi connectivity index (χ3n) is 8.80. The Morgan fingerprint density at radius 2 is 1.83 bits per heavy atom. The molecule has 224 valence electrons. The number of ether oxygens (including phenoxy) is 2. The summed E-state index contributed by atoms with van der Waals surface area (Å²) in [6.07, 6.45) is 9.79. The number of hydrogen-bond donors (Lipinski definition) is 2. The molecule has 1 aliphatic heterocycles. The van der Waals surface area contributed by atoms with Crippen LogP contribution in [0.4, 0.5) is 11.4 Å². The number of hydrogen-bond acceptors (Lipinski definition) is 8. The molecule has 6 rings (SSSR count). The summed E-state index contributed by atoms with van der Waals surface area (Å²) in [7, 11) is -1.76. The van der Waals surface area contributed by atoms with E-state index in [0.717, 1.165) is 49.2 Å². The Hall–Kier alpha value is -2.77. The summed E-state index contributed by atoms with van der Waals surface area (Å²) in [5.74, 6) is 8.06. The van der Waals surface area contributed by atoms with Crippen molar-refractivity contribution < 1.29 is 17.9 Å². The molecule has 42 heavy (non-hydrogen) atoms. The van der Waals surface area contributed by atoms with Crippen molar-refractivity contribution in [1.82, 2.24) is 4.90 Å². The summed E-state index contributed by atoms with van der Waals surface area (Å²) in [5, 5.41) is 8.57. The van der Waals surface area contributed by atoms with Crippen LogP contribution in [0.15, 0.2) is 41.3 Å². The first-order valence-electron chi connectivity index (χ1n) is 15.1. The SMILES string of the molecule is COc1cc(S(C)(=O)=O)ccc1NCC#Cc1sc2c(NC3CCC(N4CCOCC4)CC3)cccc2c1CC1CC1. The van der Waals surface area contributed by atoms with Crippen molar-refractivity contribution in [1.29, 1.82) is 0 Å². The van der Waals surface area contributed by atoms with Gasteiger partial charge >= 0.3 is 0 Å². The van der Waals surface area contributed by atoms with Crippen molar-refractivity contribution in [3.05, 3.63) is 46.8 Å². The van der Waals surface area contributed by atoms with Gasteiger partial charge in [-0.3, -0.25) is 4.90 Å². The number of methoxy groups -OCH3 is 1. The highest BCUT2D eigenvalue weighted by molar-refractivity contribution is 7.90. The van der Waals surface area contributed by atoms with Gasteiger partial charge in [-0.25, -0.2) is 8.42 Å². The summed E-state index contributed by atoms with van der Waals surface area (Å²) < 4.78 is 36.1. The van der Waals surface area contributed by atoms with Crippen molar-refractivity contribution in [2.75, 3.05) is 56.8 Å². The Bertz CT molecular complexity index is 1570. The van der Waals surface area contributed by atoms with Crippen LogP contribution < -0.4 is 15.4 Å². The fraction of sp³-hybridized carbons (Fsp3) is 0.515. The average Bonchev–Trinajstić information content (AvgIpc) is 3.76. The van der Waals surface area contributed by atoms with E-state index in [1.165, 1.54) is 66.1 Å². The highest BCUT2D eigenvalue weighted by Gasteiger charge is 2.28. The van der Waals surface area contributed by atoms with E-state index in [0.29, 0.717) is 24.4 Å². The summed E-state index contributed by atoms with van der Waals surface area (Å²) in [5.41, 5.74) is 3.36. The zero-order valence-electron chi connectivity index (χ0n) is 24.6. The molecule has 0 bridgehead atoms. The first-order chi connectivity index (χ1) is 20.4. The van der Waals surface area contributed by atoms with Gasteiger partial charge in [0.15, 0.2) is 9.84 Å². The van der Waals surface area contributed by atoms with E-state index in [4.69, 9.17) is 9.47 Å². The van der Waals surface area contributed by atoms with Gasteiger partial charge in [0.2, 0.25) is 0 Å². The van der Waals surface area contributed by atoms with Gasteiger partial charge < -0.3 is 20.1 Å². The molecular formula is C33H41N3O4S2. The molecule has 2 N–H and O–H groups in total. The van der Waals surface area contributed by atoms with Crippen molar-refractivity contribution in [2.45, 2.75) is 61.9 Å². The van der Waals surface area contributed by atoms with E-state index in [1.807, 2.05) is 11.3 Å². The van der Waals surface area contributed by atoms with Crippen LogP contribution in [0.3, 0.4) is 0 Å². The van der Waals surface area contributed by atoms with Gasteiger partial charge in [0, 0.05) is 37.5 Å². The highest BCUT2D eigenvalue weighted by Crippen LogP contribution is 2.42. The molecule has 2 aromatic carbocycles. The van der Waals surface area contributed by atoms with Crippen LogP contribution in [0.25, 0.3) is 10.1 Å². The zero-order valence-corrected chi connectivity index (χ0v) is 26.2. The minimum absolute atomic E-state index is 0.237. The minimum Gasteiger partial charge on any atom is -0.495 e. The first-order valence-corrected chi connectivity index (χ1v) is 17.8. The molecule has 0 atom stereocenters. The van der Waals surface area contributed by atoms with Crippen molar-refractivity contribution in [3.8, 4) is 17.6 Å². The number of thiophene rings is 1. The Labute approximate surface area is 253 Å². The van der Waals surface area contributed by atoms with Crippen LogP contribution >= 0.6 is 11.3 Å². The van der Waals surface area contributed by atoms with Crippen LogP contribution in [0.1, 0.15) is 49.0 Å². The van der Waals surface area contributed by atoms with E-state index in [2.05, 4.69) is 45.6 Å². The standard InChI is InChI=1S/C33H41N3O4S2/c1-39-31-22-26(42(2,37)38)14-15-29(31)34-16-4-7-32-28(21-23-8-9-23)27-5-3-6-30(33(27)41-32)35-24-10-12-25(13-11-24)36-17-19-40-20-18-36/h3,5-6,14-15,22-25,34-35H,8-13,16-21H2,1-2H3. The average molecular weight is 608 g/mol. The Morgan fingerprint density at radius 3 is 2.55 bits per heavy atom. The van der Waals surface area contributed by atoms with E-state index < -0.39 is 9.84 Å². The van der Waals surface area contributed by atoms with E-state index in [1.54, 1.807) is 25.3 Å². The molecule has 2 aliphatic carbocycles. The molecule has 3 aliphatic rings. The Balaban J connectivity index is 1.16. The number of benzene rings is 2. The van der Waals surface area contributed by atoms with Crippen molar-refractivity contribution >= 4 is 42.6 Å². The molecule has 2 heterocycles. The Morgan fingerprint density at radius 1 is 1.05 bits per heavy atom. The lowest BCUT2D eigenvalue weighted by molar-refractivity contribution is 0.00791. The molecule has 2 saturated carbocycles. The van der Waals surface area contributed by atoms with Crippen LogP contribution in [0.5, 0.6) is 5.75 Å². The van der Waals surface area contributed by atoms with Crippen LogP contribution in [-0.4, -0.2) is 71.6 Å². The molecule has 1 saturated heterocycles. The fourth-order valence-corrected chi connectivity index (χ4v) is 8.08. The highest BCUT2D eigenvalue weighted by atomic mass is 32.2. The summed E-state index contributed by atoms with van der Waals surface area (Å²) >= 11 is 1.81. The van der Waals surface area contributed by atoms with Gasteiger partial charge in [-0.2, -0.15) is 0 Å². The number of sulfone groups is 1. The number of morpholine rings is 1. The van der Waals surface area contributed by atoms with Crippen LogP contribution in [0, 0.1) is 17.8 Å². The molecule has 1 aromatic heterocycles. The smallest absolute Gasteiger partial charge is 0.175 e. The number of rotatable bonds is 9. The number of nitrogens with one attached hydrogen (secondary N) is 2. The molecule has 7 nitrogen and oxygen atoms in total. The number of anilines is 2. The topological polar surface area (TPSA) is 79.9 Å². The summed E-state index contributed by atoms with van der Waals surface area (Å²) in [4.78, 5) is 4.02. The molecular weight excluding hydrogens is 567 g/mol. The van der Waals surface area contributed by atoms with Gasteiger partial charge in [-0.1, -0.05) is 24.0 Å². The van der Waals surface area contributed by atoms with Gasteiger partial charge in [-0.15, -0.1) is 11.3 Å². The van der Waals surface area contributed by atoms with Crippen LogP contribution in [0.2, 0.25) is 0 Å². The van der Waals surface area contributed by atoms with Crippen LogP contribution in [-0.2, 0) is 21.0 Å².